The Morgan fingerprint density at radius 2 is 2.16 bits per heavy atom. The number of amides is 2. The van der Waals surface area contributed by atoms with E-state index in [0.717, 1.165) is 5.56 Å². The molecule has 1 atom stereocenters. The lowest BCUT2D eigenvalue weighted by Gasteiger charge is -2.23. The van der Waals surface area contributed by atoms with Gasteiger partial charge in [-0.15, -0.1) is 6.58 Å². The SMILES string of the molecule is C=CCN(CCO)C(=O)NC(C)c1ccc(Cl)cc1. The van der Waals surface area contributed by atoms with Crippen molar-refractivity contribution in [1.82, 2.24) is 10.2 Å². The van der Waals surface area contributed by atoms with Crippen LogP contribution >= 0.6 is 11.6 Å². The first-order valence-corrected chi connectivity index (χ1v) is 6.49. The minimum Gasteiger partial charge on any atom is -0.395 e. The van der Waals surface area contributed by atoms with Gasteiger partial charge >= 0.3 is 6.03 Å². The van der Waals surface area contributed by atoms with Crippen molar-refractivity contribution in [2.45, 2.75) is 13.0 Å². The fourth-order valence-electron chi connectivity index (χ4n) is 1.66. The average molecular weight is 283 g/mol. The second kappa shape index (κ2) is 7.81. The standard InChI is InChI=1S/C14H19ClN2O2/c1-3-8-17(9-10-18)14(19)16-11(2)12-4-6-13(15)7-5-12/h3-7,11,18H,1,8-10H2,2H3,(H,16,19). The number of halogens is 1. The van der Waals surface area contributed by atoms with Gasteiger partial charge in [0.05, 0.1) is 12.6 Å². The lowest BCUT2D eigenvalue weighted by molar-refractivity contribution is 0.181. The van der Waals surface area contributed by atoms with Crippen molar-refractivity contribution < 1.29 is 9.90 Å². The quantitative estimate of drug-likeness (QED) is 0.788. The lowest BCUT2D eigenvalue weighted by Crippen LogP contribution is -2.42. The Balaban J connectivity index is 2.63. The molecule has 0 saturated heterocycles. The smallest absolute Gasteiger partial charge is 0.318 e. The zero-order chi connectivity index (χ0) is 14.3. The highest BCUT2D eigenvalue weighted by Crippen LogP contribution is 2.16. The number of rotatable bonds is 6. The molecule has 0 aliphatic carbocycles. The molecule has 1 unspecified atom stereocenters. The van der Waals surface area contributed by atoms with Gasteiger partial charge in [0.15, 0.2) is 0 Å². The maximum atomic E-state index is 12.0. The number of benzene rings is 1. The molecule has 104 valence electrons. The number of nitrogens with one attached hydrogen (secondary N) is 1. The molecule has 4 nitrogen and oxygen atoms in total. The van der Waals surface area contributed by atoms with E-state index in [-0.39, 0.29) is 25.2 Å². The van der Waals surface area contributed by atoms with Gasteiger partial charge in [-0.3, -0.25) is 0 Å². The minimum absolute atomic E-state index is 0.0728. The van der Waals surface area contributed by atoms with Crippen LogP contribution in [0.15, 0.2) is 36.9 Å². The van der Waals surface area contributed by atoms with Crippen LogP contribution in [-0.2, 0) is 0 Å². The van der Waals surface area contributed by atoms with Gasteiger partial charge in [0.1, 0.15) is 0 Å². The topological polar surface area (TPSA) is 52.6 Å². The van der Waals surface area contributed by atoms with Crippen LogP contribution in [0.2, 0.25) is 5.02 Å². The number of carbonyl (C=O) groups excluding carboxylic acids is 1. The highest BCUT2D eigenvalue weighted by Gasteiger charge is 2.14. The Hall–Kier alpha value is -1.52. The van der Waals surface area contributed by atoms with Crippen molar-refractivity contribution in [2.24, 2.45) is 0 Å². The molecule has 1 aromatic carbocycles. The molecule has 1 rings (SSSR count). The van der Waals surface area contributed by atoms with Crippen molar-refractivity contribution in [3.63, 3.8) is 0 Å². The van der Waals surface area contributed by atoms with Gasteiger partial charge in [-0.2, -0.15) is 0 Å². The first kappa shape index (κ1) is 15.5. The molecule has 2 N–H and O–H groups in total. The Labute approximate surface area is 118 Å². The number of hydrogen-bond donors (Lipinski definition) is 2. The van der Waals surface area contributed by atoms with Crippen LogP contribution in [0.5, 0.6) is 0 Å². The largest absolute Gasteiger partial charge is 0.395 e. The fourth-order valence-corrected chi connectivity index (χ4v) is 1.79. The van der Waals surface area contributed by atoms with Gasteiger partial charge in [0.2, 0.25) is 0 Å². The van der Waals surface area contributed by atoms with E-state index >= 15 is 0 Å². The summed E-state index contributed by atoms with van der Waals surface area (Å²) in [6, 6.07) is 6.96. The van der Waals surface area contributed by atoms with Crippen LogP contribution in [0.1, 0.15) is 18.5 Å². The first-order chi connectivity index (χ1) is 9.08. The predicted molar refractivity (Wildman–Crippen MR) is 77.3 cm³/mol. The Bertz CT molecular complexity index is 420. The van der Waals surface area contributed by atoms with Crippen molar-refractivity contribution in [1.29, 1.82) is 0 Å². The van der Waals surface area contributed by atoms with Crippen LogP contribution in [0.3, 0.4) is 0 Å². The summed E-state index contributed by atoms with van der Waals surface area (Å²) < 4.78 is 0. The van der Waals surface area contributed by atoms with Gasteiger partial charge in [-0.05, 0) is 24.6 Å². The molecule has 19 heavy (non-hydrogen) atoms. The van der Waals surface area contributed by atoms with Crippen LogP contribution in [-0.4, -0.2) is 35.7 Å². The van der Waals surface area contributed by atoms with Gasteiger partial charge in [0.25, 0.3) is 0 Å². The zero-order valence-electron chi connectivity index (χ0n) is 11.0. The lowest BCUT2D eigenvalue weighted by atomic mass is 10.1. The van der Waals surface area contributed by atoms with Gasteiger partial charge in [0, 0.05) is 18.1 Å². The summed E-state index contributed by atoms with van der Waals surface area (Å²) >= 11 is 5.82. The Kier molecular flexibility index (Phi) is 6.39. The zero-order valence-corrected chi connectivity index (χ0v) is 11.7. The van der Waals surface area contributed by atoms with Crippen LogP contribution in [0, 0.1) is 0 Å². The molecule has 5 heteroatoms. The summed E-state index contributed by atoms with van der Waals surface area (Å²) in [5.74, 6) is 0. The van der Waals surface area contributed by atoms with E-state index in [1.165, 1.54) is 4.90 Å². The third-order valence-corrected chi connectivity index (χ3v) is 2.97. The summed E-state index contributed by atoms with van der Waals surface area (Å²) in [7, 11) is 0. The van der Waals surface area contributed by atoms with Crippen molar-refractivity contribution in [3.8, 4) is 0 Å². The number of hydrogen-bond acceptors (Lipinski definition) is 2. The van der Waals surface area contributed by atoms with E-state index in [1.54, 1.807) is 18.2 Å². The highest BCUT2D eigenvalue weighted by molar-refractivity contribution is 6.30. The molecule has 0 heterocycles. The molecule has 0 aromatic heterocycles. The maximum Gasteiger partial charge on any atom is 0.318 e. The molecule has 0 aliphatic rings. The molecular formula is C14H19ClN2O2. The second-order valence-electron chi connectivity index (χ2n) is 4.18. The first-order valence-electron chi connectivity index (χ1n) is 6.11. The molecule has 2 amide bonds. The van der Waals surface area contributed by atoms with Gasteiger partial charge in [-0.1, -0.05) is 29.8 Å². The normalized spacial score (nSPS) is 11.7. The van der Waals surface area contributed by atoms with Crippen LogP contribution in [0.4, 0.5) is 4.79 Å². The summed E-state index contributed by atoms with van der Waals surface area (Å²) in [5, 5.41) is 12.5. The van der Waals surface area contributed by atoms with E-state index in [1.807, 2.05) is 19.1 Å². The summed E-state index contributed by atoms with van der Waals surface area (Å²) in [5.41, 5.74) is 0.973. The van der Waals surface area contributed by atoms with E-state index in [2.05, 4.69) is 11.9 Å². The molecule has 1 aromatic rings. The van der Waals surface area contributed by atoms with Crippen molar-refractivity contribution in [2.75, 3.05) is 19.7 Å². The van der Waals surface area contributed by atoms with Crippen molar-refractivity contribution in [3.05, 3.63) is 47.5 Å². The van der Waals surface area contributed by atoms with Crippen LogP contribution in [0.25, 0.3) is 0 Å². The summed E-state index contributed by atoms with van der Waals surface area (Å²) in [4.78, 5) is 13.5. The fraction of sp³-hybridized carbons (Fsp3) is 0.357. The number of aliphatic hydroxyl groups excluding tert-OH is 1. The number of urea groups is 1. The number of nitrogens with zero attached hydrogens (tertiary/aromatic N) is 1. The number of carbonyl (C=O) groups is 1. The minimum atomic E-state index is -0.226. The Morgan fingerprint density at radius 1 is 1.53 bits per heavy atom. The molecule has 0 spiro atoms. The molecule has 0 radical (unpaired) electrons. The molecular weight excluding hydrogens is 264 g/mol. The monoisotopic (exact) mass is 282 g/mol. The highest BCUT2D eigenvalue weighted by atomic mass is 35.5. The van der Waals surface area contributed by atoms with E-state index in [9.17, 15) is 4.79 Å². The predicted octanol–water partition coefficient (Wildman–Crippen LogP) is 2.59. The summed E-state index contributed by atoms with van der Waals surface area (Å²) in [6.45, 7) is 6.10. The third-order valence-electron chi connectivity index (χ3n) is 2.72. The third kappa shape index (κ3) is 4.93. The average Bonchev–Trinajstić information content (AvgIpc) is 2.39. The number of aliphatic hydroxyl groups is 1. The van der Waals surface area contributed by atoms with E-state index < -0.39 is 0 Å². The summed E-state index contributed by atoms with van der Waals surface area (Å²) in [6.07, 6.45) is 1.63. The van der Waals surface area contributed by atoms with Gasteiger partial charge in [-0.25, -0.2) is 4.79 Å². The van der Waals surface area contributed by atoms with E-state index in [0.29, 0.717) is 11.6 Å². The molecule has 0 aliphatic heterocycles. The Morgan fingerprint density at radius 3 is 2.68 bits per heavy atom. The maximum absolute atomic E-state index is 12.0. The van der Waals surface area contributed by atoms with Crippen molar-refractivity contribution >= 4 is 17.6 Å². The molecule has 0 fully saturated rings. The van der Waals surface area contributed by atoms with E-state index in [4.69, 9.17) is 16.7 Å². The second-order valence-corrected chi connectivity index (χ2v) is 4.62. The van der Waals surface area contributed by atoms with Gasteiger partial charge < -0.3 is 15.3 Å². The molecule has 0 saturated carbocycles. The molecule has 0 bridgehead atoms. The van der Waals surface area contributed by atoms with Crippen LogP contribution < -0.4 is 5.32 Å².